The van der Waals surface area contributed by atoms with E-state index < -0.39 is 16.9 Å². The predicted molar refractivity (Wildman–Crippen MR) is 113 cm³/mol. The minimum Gasteiger partial charge on any atom is -0.493 e. The first kappa shape index (κ1) is 20.2. The number of esters is 1. The van der Waals surface area contributed by atoms with E-state index in [1.165, 1.54) is 0 Å². The molecule has 1 saturated heterocycles. The molecule has 156 valence electrons. The van der Waals surface area contributed by atoms with E-state index in [9.17, 15) is 9.59 Å². The monoisotopic (exact) mass is 406 g/mol. The van der Waals surface area contributed by atoms with Gasteiger partial charge in [0.15, 0.2) is 17.3 Å². The maximum Gasteiger partial charge on any atom is 0.312 e. The molecule has 5 heteroatoms. The predicted octanol–water partition coefficient (Wildman–Crippen LogP) is 4.76. The van der Waals surface area contributed by atoms with Crippen molar-refractivity contribution < 1.29 is 23.8 Å². The number of methoxy groups -OCH3 is 2. The molecule has 2 aromatic carbocycles. The Morgan fingerprint density at radius 1 is 0.967 bits per heavy atom. The lowest BCUT2D eigenvalue weighted by molar-refractivity contribution is -0.186. The maximum atomic E-state index is 13.8. The number of hydrogen-bond donors (Lipinski definition) is 0. The van der Waals surface area contributed by atoms with Crippen molar-refractivity contribution in [2.45, 2.75) is 32.8 Å². The molecule has 4 rings (SSSR count). The van der Waals surface area contributed by atoms with Crippen LogP contribution in [-0.2, 0) is 14.3 Å². The number of benzene rings is 2. The van der Waals surface area contributed by atoms with E-state index in [1.807, 2.05) is 56.3 Å². The molecule has 0 bridgehead atoms. The third kappa shape index (κ3) is 3.09. The Morgan fingerprint density at radius 2 is 1.67 bits per heavy atom. The molecule has 1 heterocycles. The highest BCUT2D eigenvalue weighted by molar-refractivity contribution is 6.26. The van der Waals surface area contributed by atoms with Gasteiger partial charge < -0.3 is 14.2 Å². The minimum atomic E-state index is -0.845. The molecule has 2 atom stereocenters. The van der Waals surface area contributed by atoms with Crippen LogP contribution >= 0.6 is 0 Å². The van der Waals surface area contributed by atoms with Gasteiger partial charge in [-0.15, -0.1) is 0 Å². The average Bonchev–Trinajstić information content (AvgIpc) is 3.06. The zero-order valence-corrected chi connectivity index (χ0v) is 17.7. The quantitative estimate of drug-likeness (QED) is 0.685. The molecule has 1 aliphatic carbocycles. The standard InChI is InChI=1S/C25H26O5/c1-24(2)15-25(13-12-18(21(25)26)16-8-6-5-7-9-16)22(30-23(24)27)17-10-11-19(28-3)20(14-17)29-4/h5-12,14,22H,13,15H2,1-4H3/t22-,25-/m0/s1. The Bertz CT molecular complexity index is 1020. The summed E-state index contributed by atoms with van der Waals surface area (Å²) in [4.78, 5) is 26.6. The number of rotatable bonds is 4. The number of cyclic esters (lactones) is 1. The lowest BCUT2D eigenvalue weighted by atomic mass is 9.63. The summed E-state index contributed by atoms with van der Waals surface area (Å²) < 4.78 is 16.7. The van der Waals surface area contributed by atoms with Crippen LogP contribution in [-0.4, -0.2) is 26.0 Å². The highest BCUT2D eigenvalue weighted by atomic mass is 16.5. The summed E-state index contributed by atoms with van der Waals surface area (Å²) in [6, 6.07) is 15.1. The summed E-state index contributed by atoms with van der Waals surface area (Å²) in [5, 5.41) is 0. The lowest BCUT2D eigenvalue weighted by Crippen LogP contribution is -2.49. The number of carbonyl (C=O) groups excluding carboxylic acids is 2. The van der Waals surface area contributed by atoms with Crippen molar-refractivity contribution in [2.75, 3.05) is 14.2 Å². The molecule has 2 aliphatic rings. The fourth-order valence-electron chi connectivity index (χ4n) is 4.72. The summed E-state index contributed by atoms with van der Waals surface area (Å²) >= 11 is 0. The second-order valence-corrected chi connectivity index (χ2v) is 8.63. The van der Waals surface area contributed by atoms with Crippen LogP contribution in [0.25, 0.3) is 5.57 Å². The summed E-state index contributed by atoms with van der Waals surface area (Å²) in [5.74, 6) is 0.842. The number of Topliss-reactive ketones (excluding diaryl/α,β-unsaturated/α-hetero) is 1. The molecule has 30 heavy (non-hydrogen) atoms. The van der Waals surface area contributed by atoms with Crippen LogP contribution < -0.4 is 9.47 Å². The summed E-state index contributed by atoms with van der Waals surface area (Å²) in [5.41, 5.74) is 0.716. The van der Waals surface area contributed by atoms with Crippen LogP contribution in [0.4, 0.5) is 0 Å². The number of ether oxygens (including phenoxy) is 3. The molecule has 5 nitrogen and oxygen atoms in total. The van der Waals surface area contributed by atoms with Crippen molar-refractivity contribution in [2.24, 2.45) is 10.8 Å². The highest BCUT2D eigenvalue weighted by Gasteiger charge is 2.59. The van der Waals surface area contributed by atoms with E-state index in [0.29, 0.717) is 29.9 Å². The fourth-order valence-corrected chi connectivity index (χ4v) is 4.72. The number of hydrogen-bond acceptors (Lipinski definition) is 5. The van der Waals surface area contributed by atoms with Gasteiger partial charge in [-0.3, -0.25) is 9.59 Å². The van der Waals surface area contributed by atoms with Crippen LogP contribution in [0.1, 0.15) is 43.9 Å². The van der Waals surface area contributed by atoms with Gasteiger partial charge in [0.25, 0.3) is 0 Å². The van der Waals surface area contributed by atoms with Crippen molar-refractivity contribution in [3.63, 3.8) is 0 Å². The van der Waals surface area contributed by atoms with Gasteiger partial charge in [0.1, 0.15) is 6.10 Å². The van der Waals surface area contributed by atoms with Crippen molar-refractivity contribution in [3.8, 4) is 11.5 Å². The molecule has 1 aliphatic heterocycles. The molecule has 0 radical (unpaired) electrons. The Kier molecular flexibility index (Phi) is 4.92. The topological polar surface area (TPSA) is 61.8 Å². The fraction of sp³-hybridized carbons (Fsp3) is 0.360. The van der Waals surface area contributed by atoms with E-state index in [-0.39, 0.29) is 11.8 Å². The van der Waals surface area contributed by atoms with Crippen LogP contribution in [0.15, 0.2) is 54.6 Å². The van der Waals surface area contributed by atoms with Crippen LogP contribution in [0, 0.1) is 10.8 Å². The molecule has 2 aromatic rings. The van der Waals surface area contributed by atoms with E-state index in [0.717, 1.165) is 11.1 Å². The van der Waals surface area contributed by atoms with Gasteiger partial charge in [0.05, 0.1) is 25.0 Å². The molecule has 1 fully saturated rings. The van der Waals surface area contributed by atoms with Crippen LogP contribution in [0.3, 0.4) is 0 Å². The van der Waals surface area contributed by atoms with Crippen molar-refractivity contribution in [1.82, 2.24) is 0 Å². The zero-order chi connectivity index (χ0) is 21.5. The van der Waals surface area contributed by atoms with Gasteiger partial charge >= 0.3 is 5.97 Å². The van der Waals surface area contributed by atoms with Gasteiger partial charge in [-0.2, -0.15) is 0 Å². The van der Waals surface area contributed by atoms with Crippen LogP contribution in [0.5, 0.6) is 11.5 Å². The molecule has 0 amide bonds. The molecule has 1 spiro atoms. The third-order valence-electron chi connectivity index (χ3n) is 6.20. The highest BCUT2D eigenvalue weighted by Crippen LogP contribution is 2.58. The largest absolute Gasteiger partial charge is 0.493 e. The zero-order valence-electron chi connectivity index (χ0n) is 17.7. The minimum absolute atomic E-state index is 0.0223. The smallest absolute Gasteiger partial charge is 0.312 e. The summed E-state index contributed by atoms with van der Waals surface area (Å²) in [7, 11) is 3.13. The second kappa shape index (κ2) is 7.31. The van der Waals surface area contributed by atoms with Gasteiger partial charge in [0, 0.05) is 5.57 Å². The molecule has 0 N–H and O–H groups in total. The van der Waals surface area contributed by atoms with Crippen molar-refractivity contribution in [3.05, 3.63) is 65.7 Å². The molecular weight excluding hydrogens is 380 g/mol. The third-order valence-corrected chi connectivity index (χ3v) is 6.20. The van der Waals surface area contributed by atoms with Gasteiger partial charge in [-0.05, 0) is 49.9 Å². The Balaban J connectivity index is 1.80. The van der Waals surface area contributed by atoms with Crippen molar-refractivity contribution >= 4 is 17.3 Å². The van der Waals surface area contributed by atoms with E-state index >= 15 is 0 Å². The van der Waals surface area contributed by atoms with Gasteiger partial charge in [-0.25, -0.2) is 0 Å². The van der Waals surface area contributed by atoms with Gasteiger partial charge in [0.2, 0.25) is 0 Å². The maximum absolute atomic E-state index is 13.8. The van der Waals surface area contributed by atoms with E-state index in [4.69, 9.17) is 14.2 Å². The van der Waals surface area contributed by atoms with Crippen molar-refractivity contribution in [1.29, 1.82) is 0 Å². The molecular formula is C25H26O5. The Labute approximate surface area is 176 Å². The van der Waals surface area contributed by atoms with Crippen LogP contribution in [0.2, 0.25) is 0 Å². The SMILES string of the molecule is COc1ccc([C@@H]2OC(=O)C(C)(C)C[C@]23CC=C(c2ccccc2)C3=O)cc1OC. The molecule has 0 aromatic heterocycles. The first-order valence-electron chi connectivity index (χ1n) is 10.1. The number of carbonyl (C=O) groups is 2. The first-order valence-corrected chi connectivity index (χ1v) is 10.1. The average molecular weight is 406 g/mol. The Morgan fingerprint density at radius 3 is 2.33 bits per heavy atom. The molecule has 0 saturated carbocycles. The van der Waals surface area contributed by atoms with Gasteiger partial charge in [-0.1, -0.05) is 42.5 Å². The Hall–Kier alpha value is -3.08. The normalized spacial score (nSPS) is 25.1. The number of ketones is 1. The second-order valence-electron chi connectivity index (χ2n) is 8.63. The lowest BCUT2D eigenvalue weighted by Gasteiger charge is -2.46. The van der Waals surface area contributed by atoms with E-state index in [2.05, 4.69) is 0 Å². The summed E-state index contributed by atoms with van der Waals surface area (Å²) in [6.45, 7) is 3.69. The first-order chi connectivity index (χ1) is 14.3. The molecule has 0 unspecified atom stereocenters. The van der Waals surface area contributed by atoms with E-state index in [1.54, 1.807) is 26.4 Å². The summed E-state index contributed by atoms with van der Waals surface area (Å²) in [6.07, 6.45) is 2.23. The number of allylic oxidation sites excluding steroid dienone is 2.